The van der Waals surface area contributed by atoms with Gasteiger partial charge in [0.1, 0.15) is 5.70 Å². The maximum atomic E-state index is 12.0. The molecule has 0 bridgehead atoms. The molecule has 1 saturated heterocycles. The molecule has 88 valence electrons. The van der Waals surface area contributed by atoms with Gasteiger partial charge in [-0.15, -0.1) is 0 Å². The fraction of sp³-hybridized carbons (Fsp3) is 0.167. The molecule has 0 radical (unpaired) electrons. The number of carbonyl (C=O) groups excluding carboxylic acids is 1. The molecule has 17 heavy (non-hydrogen) atoms. The van der Waals surface area contributed by atoms with E-state index < -0.39 is 0 Å². The van der Waals surface area contributed by atoms with Crippen LogP contribution in [0.1, 0.15) is 12.5 Å². The summed E-state index contributed by atoms with van der Waals surface area (Å²) in [7, 11) is 0. The van der Waals surface area contributed by atoms with Crippen molar-refractivity contribution < 1.29 is 4.79 Å². The van der Waals surface area contributed by atoms with Crippen LogP contribution in [0.3, 0.4) is 0 Å². The Hall–Kier alpha value is -1.20. The average Bonchev–Trinajstić information content (AvgIpc) is 2.57. The minimum atomic E-state index is -0.0757. The first-order valence-electron chi connectivity index (χ1n) is 5.22. The molecule has 1 aromatic carbocycles. The number of rotatable bonds is 2. The van der Waals surface area contributed by atoms with Crippen molar-refractivity contribution in [1.82, 2.24) is 10.2 Å². The van der Waals surface area contributed by atoms with E-state index in [1.165, 1.54) is 4.90 Å². The molecule has 3 nitrogen and oxygen atoms in total. The van der Waals surface area contributed by atoms with E-state index in [4.69, 9.17) is 12.2 Å². The number of halogens is 1. The fourth-order valence-corrected chi connectivity index (χ4v) is 2.33. The normalized spacial score (nSPS) is 17.8. The molecule has 1 aliphatic heterocycles. The van der Waals surface area contributed by atoms with E-state index in [1.54, 1.807) is 6.08 Å². The van der Waals surface area contributed by atoms with Crippen LogP contribution >= 0.6 is 28.1 Å². The molecule has 1 aliphatic rings. The van der Waals surface area contributed by atoms with E-state index in [1.807, 2.05) is 31.2 Å². The van der Waals surface area contributed by atoms with Crippen molar-refractivity contribution in [3.8, 4) is 0 Å². The zero-order valence-electron chi connectivity index (χ0n) is 9.24. The first-order valence-corrected chi connectivity index (χ1v) is 6.42. The number of hydrogen-bond acceptors (Lipinski definition) is 2. The molecule has 1 N–H and O–H groups in total. The lowest BCUT2D eigenvalue weighted by Gasteiger charge is -2.08. The summed E-state index contributed by atoms with van der Waals surface area (Å²) in [5.74, 6) is -0.0757. The molecular weight excluding hydrogens is 300 g/mol. The van der Waals surface area contributed by atoms with Crippen LogP contribution in [0.15, 0.2) is 34.4 Å². The number of hydrogen-bond donors (Lipinski definition) is 1. The van der Waals surface area contributed by atoms with Gasteiger partial charge in [0.05, 0.1) is 0 Å². The Morgan fingerprint density at radius 3 is 2.76 bits per heavy atom. The van der Waals surface area contributed by atoms with Crippen molar-refractivity contribution in [1.29, 1.82) is 0 Å². The minimum absolute atomic E-state index is 0.0757. The van der Waals surface area contributed by atoms with Gasteiger partial charge in [-0.1, -0.05) is 34.1 Å². The second-order valence-corrected chi connectivity index (χ2v) is 4.80. The van der Waals surface area contributed by atoms with Gasteiger partial charge in [0, 0.05) is 11.0 Å². The van der Waals surface area contributed by atoms with Gasteiger partial charge in [0.25, 0.3) is 5.91 Å². The molecular formula is C12H11BrN2OS. The Labute approximate surface area is 114 Å². The van der Waals surface area contributed by atoms with Crippen LogP contribution in [0.5, 0.6) is 0 Å². The molecule has 0 unspecified atom stereocenters. The number of carbonyl (C=O) groups is 1. The number of nitrogens with zero attached hydrogens (tertiary/aromatic N) is 1. The summed E-state index contributed by atoms with van der Waals surface area (Å²) in [6, 6.07) is 7.72. The summed E-state index contributed by atoms with van der Waals surface area (Å²) in [4.78, 5) is 13.5. The highest BCUT2D eigenvalue weighted by molar-refractivity contribution is 9.10. The highest BCUT2D eigenvalue weighted by Gasteiger charge is 2.28. The molecule has 1 amide bonds. The van der Waals surface area contributed by atoms with Crippen LogP contribution in [0, 0.1) is 0 Å². The summed E-state index contributed by atoms with van der Waals surface area (Å²) in [6.07, 6.45) is 1.80. The molecule has 5 heteroatoms. The first kappa shape index (κ1) is 12.3. The van der Waals surface area contributed by atoms with Crippen molar-refractivity contribution in [2.24, 2.45) is 0 Å². The zero-order valence-corrected chi connectivity index (χ0v) is 11.6. The summed E-state index contributed by atoms with van der Waals surface area (Å²) >= 11 is 8.52. The highest BCUT2D eigenvalue weighted by atomic mass is 79.9. The molecule has 1 fully saturated rings. The lowest BCUT2D eigenvalue weighted by atomic mass is 10.2. The van der Waals surface area contributed by atoms with Gasteiger partial charge in [0.2, 0.25) is 0 Å². The number of amides is 1. The van der Waals surface area contributed by atoms with Gasteiger partial charge in [-0.2, -0.15) is 0 Å². The van der Waals surface area contributed by atoms with Crippen LogP contribution in [-0.2, 0) is 4.79 Å². The summed E-state index contributed by atoms with van der Waals surface area (Å²) in [6.45, 7) is 2.48. The largest absolute Gasteiger partial charge is 0.328 e. The Balaban J connectivity index is 2.34. The third-order valence-corrected chi connectivity index (χ3v) is 3.53. The van der Waals surface area contributed by atoms with Gasteiger partial charge >= 0.3 is 0 Å². The van der Waals surface area contributed by atoms with Crippen LogP contribution in [0.4, 0.5) is 0 Å². The Kier molecular flexibility index (Phi) is 3.59. The van der Waals surface area contributed by atoms with E-state index in [0.717, 1.165) is 10.0 Å². The standard InChI is InChI=1S/C12H11BrN2OS/c1-2-15-11(16)10(14-12(15)17)7-8-5-3-4-6-9(8)13/h3-7H,2H2,1H3,(H,14,17)/b10-7+. The molecule has 1 heterocycles. The molecule has 0 aromatic heterocycles. The average molecular weight is 311 g/mol. The van der Waals surface area contributed by atoms with E-state index in [2.05, 4.69) is 21.2 Å². The van der Waals surface area contributed by atoms with Crippen molar-refractivity contribution in [2.75, 3.05) is 6.54 Å². The molecule has 0 atom stereocenters. The second kappa shape index (κ2) is 4.98. The summed E-state index contributed by atoms with van der Waals surface area (Å²) in [5.41, 5.74) is 1.47. The molecule has 0 aliphatic carbocycles. The van der Waals surface area contributed by atoms with Gasteiger partial charge in [-0.3, -0.25) is 9.69 Å². The van der Waals surface area contributed by atoms with Gasteiger partial charge < -0.3 is 5.32 Å². The zero-order chi connectivity index (χ0) is 12.4. The SMILES string of the molecule is CCN1C(=O)/C(=C\c2ccccc2Br)NC1=S. The maximum absolute atomic E-state index is 12.0. The van der Waals surface area contributed by atoms with Gasteiger partial charge in [-0.25, -0.2) is 0 Å². The smallest absolute Gasteiger partial charge is 0.276 e. The summed E-state index contributed by atoms with van der Waals surface area (Å²) in [5, 5.41) is 3.40. The van der Waals surface area contributed by atoms with Crippen LogP contribution in [0.25, 0.3) is 6.08 Å². The van der Waals surface area contributed by atoms with E-state index in [9.17, 15) is 4.79 Å². The summed E-state index contributed by atoms with van der Waals surface area (Å²) < 4.78 is 0.947. The number of benzene rings is 1. The Morgan fingerprint density at radius 1 is 1.47 bits per heavy atom. The molecule has 2 rings (SSSR count). The van der Waals surface area contributed by atoms with Crippen LogP contribution in [-0.4, -0.2) is 22.5 Å². The maximum Gasteiger partial charge on any atom is 0.276 e. The van der Waals surface area contributed by atoms with Crippen molar-refractivity contribution in [3.05, 3.63) is 40.0 Å². The quantitative estimate of drug-likeness (QED) is 0.673. The van der Waals surface area contributed by atoms with E-state index in [-0.39, 0.29) is 5.91 Å². The van der Waals surface area contributed by atoms with Crippen molar-refractivity contribution in [3.63, 3.8) is 0 Å². The minimum Gasteiger partial charge on any atom is -0.328 e. The van der Waals surface area contributed by atoms with Crippen LogP contribution < -0.4 is 5.32 Å². The molecule has 1 aromatic rings. The van der Waals surface area contributed by atoms with E-state index >= 15 is 0 Å². The fourth-order valence-electron chi connectivity index (χ4n) is 1.61. The third-order valence-electron chi connectivity index (χ3n) is 2.48. The van der Waals surface area contributed by atoms with Gasteiger partial charge in [0.15, 0.2) is 5.11 Å². The number of likely N-dealkylation sites (N-methyl/N-ethyl adjacent to an activating group) is 1. The molecule has 0 spiro atoms. The van der Waals surface area contributed by atoms with Gasteiger partial charge in [-0.05, 0) is 36.8 Å². The van der Waals surface area contributed by atoms with Crippen molar-refractivity contribution in [2.45, 2.75) is 6.92 Å². The van der Waals surface area contributed by atoms with Crippen LogP contribution in [0.2, 0.25) is 0 Å². The van der Waals surface area contributed by atoms with E-state index in [0.29, 0.717) is 17.4 Å². The monoisotopic (exact) mass is 310 g/mol. The third kappa shape index (κ3) is 2.40. The predicted molar refractivity (Wildman–Crippen MR) is 75.2 cm³/mol. The lowest BCUT2D eigenvalue weighted by Crippen LogP contribution is -2.30. The topological polar surface area (TPSA) is 32.3 Å². The Bertz CT molecular complexity index is 513. The number of nitrogens with one attached hydrogen (secondary N) is 1. The number of thiocarbonyl (C=S) groups is 1. The second-order valence-electron chi connectivity index (χ2n) is 3.56. The first-order chi connectivity index (χ1) is 8.13. The highest BCUT2D eigenvalue weighted by Crippen LogP contribution is 2.20. The lowest BCUT2D eigenvalue weighted by molar-refractivity contribution is -0.122. The molecule has 0 saturated carbocycles. The predicted octanol–water partition coefficient (Wildman–Crippen LogP) is 2.53. The Morgan fingerprint density at radius 2 is 2.18 bits per heavy atom. The van der Waals surface area contributed by atoms with Crippen molar-refractivity contribution >= 4 is 45.2 Å².